The Hall–Kier alpha value is -3.73. The Balaban J connectivity index is 2.06. The lowest BCUT2D eigenvalue weighted by Crippen LogP contribution is -2.41. The van der Waals surface area contributed by atoms with Gasteiger partial charge in [-0.25, -0.2) is 13.6 Å². The minimum Gasteiger partial charge on any atom is -0.444 e. The number of ether oxygens (including phenoxy) is 2. The summed E-state index contributed by atoms with van der Waals surface area (Å²) in [4.78, 5) is 12.1. The zero-order valence-corrected chi connectivity index (χ0v) is 21.4. The Morgan fingerprint density at radius 3 is 2.23 bits per heavy atom. The molecule has 0 radical (unpaired) electrons. The third-order valence-electron chi connectivity index (χ3n) is 5.60. The van der Waals surface area contributed by atoms with Gasteiger partial charge in [0, 0.05) is 18.2 Å². The van der Waals surface area contributed by atoms with Crippen LogP contribution in [0.2, 0.25) is 0 Å². The van der Waals surface area contributed by atoms with E-state index in [1.165, 1.54) is 12.1 Å². The summed E-state index contributed by atoms with van der Waals surface area (Å²) in [5.74, 6) is -2.62. The van der Waals surface area contributed by atoms with Crippen molar-refractivity contribution in [2.24, 2.45) is 5.73 Å². The summed E-state index contributed by atoms with van der Waals surface area (Å²) in [6.07, 6.45) is -9.85. The van der Waals surface area contributed by atoms with Gasteiger partial charge < -0.3 is 20.5 Å². The molecule has 3 aromatic carbocycles. The second-order valence-corrected chi connectivity index (χ2v) is 9.94. The third-order valence-corrected chi connectivity index (χ3v) is 5.60. The Morgan fingerprint density at radius 2 is 1.62 bits per heavy atom. The number of alkyl halides is 4. The molecule has 0 aliphatic rings. The van der Waals surface area contributed by atoms with Crippen molar-refractivity contribution in [3.63, 3.8) is 0 Å². The normalized spacial score (nSPS) is 13.6. The predicted octanol–water partition coefficient (Wildman–Crippen LogP) is 6.67. The average molecular weight is 555 g/mol. The molecule has 11 heteroatoms. The summed E-state index contributed by atoms with van der Waals surface area (Å²) >= 11 is 0. The highest BCUT2D eigenvalue weighted by molar-refractivity contribution is 5.67. The summed E-state index contributed by atoms with van der Waals surface area (Å²) in [6.45, 7) is 4.70. The van der Waals surface area contributed by atoms with Gasteiger partial charge in [-0.1, -0.05) is 36.4 Å². The van der Waals surface area contributed by atoms with E-state index in [1.54, 1.807) is 51.1 Å². The lowest BCUT2D eigenvalue weighted by Gasteiger charge is -2.32. The minimum atomic E-state index is -4.88. The Labute approximate surface area is 221 Å². The molecule has 1 amide bonds. The van der Waals surface area contributed by atoms with Gasteiger partial charge in [-0.15, -0.1) is 0 Å². The van der Waals surface area contributed by atoms with Gasteiger partial charge in [0.15, 0.2) is 0 Å². The number of nitrogens with one attached hydrogen (secondary N) is 1. The number of hydrogen-bond donors (Lipinski definition) is 2. The van der Waals surface area contributed by atoms with Crippen molar-refractivity contribution in [1.29, 1.82) is 0 Å². The van der Waals surface area contributed by atoms with E-state index in [4.69, 9.17) is 10.5 Å². The van der Waals surface area contributed by atoms with E-state index in [0.29, 0.717) is 11.6 Å². The van der Waals surface area contributed by atoms with Gasteiger partial charge in [-0.2, -0.15) is 17.6 Å². The van der Waals surface area contributed by atoms with E-state index < -0.39 is 47.2 Å². The van der Waals surface area contributed by atoms with Crippen LogP contribution in [0.15, 0.2) is 66.7 Å². The molecule has 0 aromatic heterocycles. The van der Waals surface area contributed by atoms with Gasteiger partial charge >= 0.3 is 18.6 Å². The van der Waals surface area contributed by atoms with Crippen molar-refractivity contribution in [2.75, 3.05) is 0 Å². The van der Waals surface area contributed by atoms with E-state index in [2.05, 4.69) is 10.1 Å². The molecule has 3 rings (SSSR count). The SMILES string of the molecule is CC(C)(C)OC(=O)NCc1cc([C@](N)(Cc2ccccc2)c2cc(F)cc(OC(F)(F)C(F)F)c2)ccc1F. The molecule has 0 aliphatic heterocycles. The molecule has 210 valence electrons. The van der Waals surface area contributed by atoms with Gasteiger partial charge in [0.2, 0.25) is 0 Å². The van der Waals surface area contributed by atoms with Gasteiger partial charge in [0.05, 0.1) is 5.54 Å². The van der Waals surface area contributed by atoms with Gasteiger partial charge in [-0.05, 0) is 68.1 Å². The van der Waals surface area contributed by atoms with Crippen LogP contribution in [-0.2, 0) is 23.2 Å². The molecule has 1 atom stereocenters. The maximum Gasteiger partial charge on any atom is 0.461 e. The van der Waals surface area contributed by atoms with Crippen LogP contribution >= 0.6 is 0 Å². The molecule has 39 heavy (non-hydrogen) atoms. The smallest absolute Gasteiger partial charge is 0.444 e. The van der Waals surface area contributed by atoms with E-state index in [0.717, 1.165) is 18.2 Å². The molecule has 0 unspecified atom stereocenters. The lowest BCUT2D eigenvalue weighted by molar-refractivity contribution is -0.253. The quantitative estimate of drug-likeness (QED) is 0.290. The molecule has 0 saturated carbocycles. The van der Waals surface area contributed by atoms with Crippen molar-refractivity contribution in [1.82, 2.24) is 5.32 Å². The maximum atomic E-state index is 14.7. The summed E-state index contributed by atoms with van der Waals surface area (Å²) in [5.41, 5.74) is 5.14. The third kappa shape index (κ3) is 7.89. The lowest BCUT2D eigenvalue weighted by atomic mass is 9.78. The molecule has 0 heterocycles. The monoisotopic (exact) mass is 554 g/mol. The summed E-state index contributed by atoms with van der Waals surface area (Å²) < 4.78 is 91.2. The second kappa shape index (κ2) is 11.6. The number of halogens is 6. The fourth-order valence-corrected chi connectivity index (χ4v) is 3.84. The van der Waals surface area contributed by atoms with Crippen LogP contribution < -0.4 is 15.8 Å². The van der Waals surface area contributed by atoms with Gasteiger partial charge in [-0.3, -0.25) is 0 Å². The Morgan fingerprint density at radius 1 is 0.949 bits per heavy atom. The first kappa shape index (κ1) is 29.8. The van der Waals surface area contributed by atoms with Crippen LogP contribution in [0, 0.1) is 11.6 Å². The highest BCUT2D eigenvalue weighted by Gasteiger charge is 2.44. The molecule has 3 aromatic rings. The number of nitrogens with two attached hydrogens (primary N) is 1. The zero-order valence-electron chi connectivity index (χ0n) is 21.4. The summed E-state index contributed by atoms with van der Waals surface area (Å²) in [7, 11) is 0. The van der Waals surface area contributed by atoms with E-state index in [1.807, 2.05) is 0 Å². The van der Waals surface area contributed by atoms with Crippen LogP contribution in [0.5, 0.6) is 5.75 Å². The van der Waals surface area contributed by atoms with Crippen LogP contribution in [0.4, 0.5) is 31.1 Å². The fraction of sp³-hybridized carbons (Fsp3) is 0.321. The van der Waals surface area contributed by atoms with Crippen molar-refractivity contribution in [3.8, 4) is 5.75 Å². The largest absolute Gasteiger partial charge is 0.461 e. The van der Waals surface area contributed by atoms with Crippen LogP contribution in [-0.4, -0.2) is 24.2 Å². The number of hydrogen-bond acceptors (Lipinski definition) is 4. The summed E-state index contributed by atoms with van der Waals surface area (Å²) in [5, 5.41) is 2.44. The Kier molecular flexibility index (Phi) is 8.84. The number of rotatable bonds is 9. The van der Waals surface area contributed by atoms with E-state index in [-0.39, 0.29) is 29.7 Å². The topological polar surface area (TPSA) is 73.6 Å². The molecule has 0 saturated heterocycles. The number of carbonyl (C=O) groups excluding carboxylic acids is 1. The predicted molar refractivity (Wildman–Crippen MR) is 133 cm³/mol. The van der Waals surface area contributed by atoms with Crippen LogP contribution in [0.25, 0.3) is 0 Å². The van der Waals surface area contributed by atoms with Crippen LogP contribution in [0.3, 0.4) is 0 Å². The number of carbonyl (C=O) groups is 1. The zero-order chi connectivity index (χ0) is 29.0. The highest BCUT2D eigenvalue weighted by atomic mass is 19.3. The molecular weight excluding hydrogens is 526 g/mol. The number of alkyl carbamates (subject to hydrolysis) is 1. The molecule has 0 aliphatic carbocycles. The van der Waals surface area contributed by atoms with Crippen molar-refractivity contribution < 1.29 is 40.6 Å². The highest BCUT2D eigenvalue weighted by Crippen LogP contribution is 2.36. The van der Waals surface area contributed by atoms with Gasteiger partial charge in [0.1, 0.15) is 23.0 Å². The second-order valence-electron chi connectivity index (χ2n) is 9.94. The molecular formula is C28H28F6N2O3. The first-order valence-electron chi connectivity index (χ1n) is 11.8. The maximum absolute atomic E-state index is 14.7. The summed E-state index contributed by atoms with van der Waals surface area (Å²) in [6, 6.07) is 14.8. The van der Waals surface area contributed by atoms with E-state index >= 15 is 0 Å². The average Bonchev–Trinajstić information content (AvgIpc) is 2.82. The van der Waals surface area contributed by atoms with Crippen molar-refractivity contribution in [2.45, 2.75) is 57.4 Å². The first-order chi connectivity index (χ1) is 18.1. The molecule has 0 bridgehead atoms. The minimum absolute atomic E-state index is 0.0124. The molecule has 3 N–H and O–H groups in total. The number of benzene rings is 3. The van der Waals surface area contributed by atoms with Gasteiger partial charge in [0.25, 0.3) is 0 Å². The molecule has 0 fully saturated rings. The van der Waals surface area contributed by atoms with Crippen molar-refractivity contribution >= 4 is 6.09 Å². The standard InChI is InChI=1S/C28H28F6N2O3/c1-26(2,3)39-25(37)36-16-18-11-19(9-10-23(18)30)27(35,15-17-7-5-4-6-8-17)20-12-21(29)14-22(13-20)38-28(33,34)24(31)32/h4-14,24H,15-16,35H2,1-3H3,(H,36,37)/t27-/m1/s1. The molecule has 0 spiro atoms. The molecule has 5 nitrogen and oxygen atoms in total. The Bertz CT molecular complexity index is 1300. The first-order valence-corrected chi connectivity index (χ1v) is 11.8. The number of amides is 1. The van der Waals surface area contributed by atoms with Crippen molar-refractivity contribution in [3.05, 3.63) is 101 Å². The fourth-order valence-electron chi connectivity index (χ4n) is 3.84. The van der Waals surface area contributed by atoms with Crippen LogP contribution in [0.1, 0.15) is 43.0 Å². The van der Waals surface area contributed by atoms with E-state index in [9.17, 15) is 31.1 Å².